The zero-order valence-corrected chi connectivity index (χ0v) is 30.0. The quantitative estimate of drug-likeness (QED) is 0.155. The molecule has 2 saturated heterocycles. The smallest absolute Gasteiger partial charge is 0.408 e. The van der Waals surface area contributed by atoms with E-state index < -0.39 is 71.8 Å². The first-order chi connectivity index (χ1) is 24.1. The molecule has 5 rings (SSSR count). The molecule has 14 heteroatoms. The van der Waals surface area contributed by atoms with Crippen LogP contribution in [0.5, 0.6) is 5.75 Å². The SMILES string of the molecule is CC(C)(C)OC(=O)C1CCC(C(=O)OCC(=O)c2ccc(Br)c(COc3cccc4cc(C(=O)CC5(C(=O)O)CCCN5C(=O)O)ccc34)c2)N1. The molecule has 2 aliphatic rings. The van der Waals surface area contributed by atoms with Gasteiger partial charge >= 0.3 is 24.0 Å². The van der Waals surface area contributed by atoms with Crippen molar-refractivity contribution in [2.24, 2.45) is 0 Å². The zero-order valence-electron chi connectivity index (χ0n) is 28.4. The largest absolute Gasteiger partial charge is 0.488 e. The Bertz CT molecular complexity index is 1890. The highest BCUT2D eigenvalue weighted by molar-refractivity contribution is 9.10. The molecule has 2 fully saturated rings. The van der Waals surface area contributed by atoms with Gasteiger partial charge in [-0.25, -0.2) is 9.59 Å². The molecule has 0 aliphatic carbocycles. The second-order valence-corrected chi connectivity index (χ2v) is 14.5. The standard InChI is InChI=1S/C37H39BrN2O11/c1-36(2,3)51-33(44)28-13-12-27(39-28)32(43)50-20-30(42)23-9-11-26(38)24(17-23)19-49-31-7-4-6-21-16-22(8-10-25(21)31)29(41)18-37(34(45)46)14-5-15-40(37)35(47)48/h4,6-11,16-17,27-28,39H,5,12-15,18-20H2,1-3H3,(H,45,46)(H,47,48). The first-order valence-corrected chi connectivity index (χ1v) is 17.3. The maximum absolute atomic E-state index is 13.3. The average Bonchev–Trinajstić information content (AvgIpc) is 3.75. The van der Waals surface area contributed by atoms with Gasteiger partial charge in [0, 0.05) is 39.5 Å². The first kappa shape index (κ1) is 37.4. The highest BCUT2D eigenvalue weighted by Crippen LogP contribution is 2.35. The van der Waals surface area contributed by atoms with Gasteiger partial charge < -0.3 is 24.4 Å². The first-order valence-electron chi connectivity index (χ1n) is 16.5. The maximum atomic E-state index is 13.3. The Hall–Kier alpha value is -4.82. The monoisotopic (exact) mass is 766 g/mol. The van der Waals surface area contributed by atoms with Crippen molar-refractivity contribution in [3.05, 3.63) is 75.8 Å². The van der Waals surface area contributed by atoms with Crippen LogP contribution in [0.3, 0.4) is 0 Å². The molecule has 0 spiro atoms. The maximum Gasteiger partial charge on any atom is 0.408 e. The number of benzene rings is 3. The number of halogens is 1. The number of carbonyl (C=O) groups excluding carboxylic acids is 4. The molecule has 2 heterocycles. The lowest BCUT2D eigenvalue weighted by molar-refractivity contribution is -0.157. The Balaban J connectivity index is 1.20. The van der Waals surface area contributed by atoms with Crippen LogP contribution in [0.1, 0.15) is 79.2 Å². The van der Waals surface area contributed by atoms with Gasteiger partial charge in [-0.05, 0) is 82.2 Å². The highest BCUT2D eigenvalue weighted by Gasteiger charge is 2.51. The summed E-state index contributed by atoms with van der Waals surface area (Å²) in [7, 11) is 0. The summed E-state index contributed by atoms with van der Waals surface area (Å²) >= 11 is 3.49. The lowest BCUT2D eigenvalue weighted by atomic mass is 9.87. The van der Waals surface area contributed by atoms with Crippen LogP contribution in [0.15, 0.2) is 59.1 Å². The number of esters is 2. The molecule has 13 nitrogen and oxygen atoms in total. The summed E-state index contributed by atoms with van der Waals surface area (Å²) in [5, 5.41) is 23.7. The predicted molar refractivity (Wildman–Crippen MR) is 187 cm³/mol. The number of carbonyl (C=O) groups is 6. The number of rotatable bonds is 12. The molecule has 51 heavy (non-hydrogen) atoms. The van der Waals surface area contributed by atoms with E-state index in [2.05, 4.69) is 21.2 Å². The van der Waals surface area contributed by atoms with Crippen molar-refractivity contribution < 1.29 is 53.2 Å². The third-order valence-corrected chi connectivity index (χ3v) is 9.73. The number of carboxylic acids is 1. The number of nitrogens with zero attached hydrogens (tertiary/aromatic N) is 1. The zero-order chi connectivity index (χ0) is 37.1. The Morgan fingerprint density at radius 2 is 1.61 bits per heavy atom. The number of hydrogen-bond donors (Lipinski definition) is 3. The predicted octanol–water partition coefficient (Wildman–Crippen LogP) is 5.54. The van der Waals surface area contributed by atoms with Crippen molar-refractivity contribution in [1.82, 2.24) is 10.2 Å². The van der Waals surface area contributed by atoms with Crippen LogP contribution >= 0.6 is 15.9 Å². The van der Waals surface area contributed by atoms with E-state index in [1.165, 1.54) is 0 Å². The van der Waals surface area contributed by atoms with Crippen molar-refractivity contribution >= 4 is 62.3 Å². The minimum absolute atomic E-state index is 0.0468. The number of hydrogen-bond acceptors (Lipinski definition) is 10. The van der Waals surface area contributed by atoms with Crippen LogP contribution in [0, 0.1) is 0 Å². The topological polar surface area (TPSA) is 186 Å². The summed E-state index contributed by atoms with van der Waals surface area (Å²) in [5.41, 5.74) is -1.26. The lowest BCUT2D eigenvalue weighted by Crippen LogP contribution is -2.53. The molecule has 3 aromatic rings. The van der Waals surface area contributed by atoms with Gasteiger partial charge in [-0.15, -0.1) is 0 Å². The highest BCUT2D eigenvalue weighted by atomic mass is 79.9. The van der Waals surface area contributed by atoms with Crippen LogP contribution in [0.25, 0.3) is 10.8 Å². The van der Waals surface area contributed by atoms with Crippen LogP contribution in [-0.2, 0) is 30.5 Å². The molecule has 0 saturated carbocycles. The fourth-order valence-corrected chi connectivity index (χ4v) is 6.74. The number of ketones is 2. The van der Waals surface area contributed by atoms with Crippen molar-refractivity contribution in [2.75, 3.05) is 13.2 Å². The molecule has 2 aliphatic heterocycles. The Morgan fingerprint density at radius 1 is 0.922 bits per heavy atom. The molecule has 3 aromatic carbocycles. The van der Waals surface area contributed by atoms with Gasteiger partial charge in [-0.1, -0.05) is 40.2 Å². The van der Waals surface area contributed by atoms with Gasteiger partial charge in [0.2, 0.25) is 0 Å². The van der Waals surface area contributed by atoms with Gasteiger partial charge in [0.05, 0.1) is 0 Å². The minimum Gasteiger partial charge on any atom is -0.488 e. The van der Waals surface area contributed by atoms with E-state index in [0.29, 0.717) is 51.4 Å². The molecule has 3 unspecified atom stereocenters. The Labute approximate surface area is 302 Å². The third kappa shape index (κ3) is 8.56. The van der Waals surface area contributed by atoms with Crippen molar-refractivity contribution in [2.45, 2.75) is 82.7 Å². The summed E-state index contributed by atoms with van der Waals surface area (Å²) in [6.45, 7) is 4.92. The lowest BCUT2D eigenvalue weighted by Gasteiger charge is -2.32. The van der Waals surface area contributed by atoms with Crippen molar-refractivity contribution in [1.29, 1.82) is 0 Å². The molecular weight excluding hydrogens is 728 g/mol. The molecular formula is C37H39BrN2O11. The number of aliphatic carboxylic acids is 1. The normalized spacial score (nSPS) is 20.2. The molecule has 0 aromatic heterocycles. The Morgan fingerprint density at radius 3 is 2.29 bits per heavy atom. The van der Waals surface area contributed by atoms with Gasteiger partial charge in [0.15, 0.2) is 23.7 Å². The van der Waals surface area contributed by atoms with Crippen LogP contribution in [-0.4, -0.2) is 87.1 Å². The number of likely N-dealkylation sites (tertiary alicyclic amines) is 1. The summed E-state index contributed by atoms with van der Waals surface area (Å²) < 4.78 is 17.5. The molecule has 0 radical (unpaired) electrons. The van der Waals surface area contributed by atoms with Crippen molar-refractivity contribution in [3.63, 3.8) is 0 Å². The number of nitrogens with one attached hydrogen (secondary N) is 1. The number of fused-ring (bicyclic) bond motifs is 1. The second-order valence-electron chi connectivity index (χ2n) is 13.7. The van der Waals surface area contributed by atoms with E-state index in [9.17, 15) is 39.0 Å². The fourth-order valence-electron chi connectivity index (χ4n) is 6.38. The summed E-state index contributed by atoms with van der Waals surface area (Å²) in [6, 6.07) is 13.7. The van der Waals surface area contributed by atoms with Crippen molar-refractivity contribution in [3.8, 4) is 5.75 Å². The van der Waals surface area contributed by atoms with Crippen LogP contribution in [0.4, 0.5) is 4.79 Å². The Kier molecular flexibility index (Phi) is 11.2. The van der Waals surface area contributed by atoms with E-state index in [0.717, 1.165) is 4.90 Å². The van der Waals surface area contributed by atoms with Gasteiger partial charge in [-0.2, -0.15) is 0 Å². The average molecular weight is 768 g/mol. The number of Topliss-reactive ketones (excluding diaryl/α,β-unsaturated/α-hetero) is 2. The fraction of sp³-hybridized carbons (Fsp3) is 0.405. The molecule has 3 N–H and O–H groups in total. The summed E-state index contributed by atoms with van der Waals surface area (Å²) in [5.74, 6) is -2.83. The third-order valence-electron chi connectivity index (χ3n) is 8.95. The minimum atomic E-state index is -1.81. The molecule has 270 valence electrons. The van der Waals surface area contributed by atoms with Gasteiger partial charge in [-0.3, -0.25) is 29.4 Å². The molecule has 0 bridgehead atoms. The molecule has 3 atom stereocenters. The van der Waals surface area contributed by atoms with E-state index in [-0.39, 0.29) is 25.1 Å². The van der Waals surface area contributed by atoms with Crippen LogP contribution in [0.2, 0.25) is 0 Å². The number of amides is 1. The summed E-state index contributed by atoms with van der Waals surface area (Å²) in [6.07, 6.45) is -0.669. The van der Waals surface area contributed by atoms with E-state index in [1.807, 2.05) is 0 Å². The van der Waals surface area contributed by atoms with Gasteiger partial charge in [0.1, 0.15) is 30.0 Å². The summed E-state index contributed by atoms with van der Waals surface area (Å²) in [4.78, 5) is 76.0. The van der Waals surface area contributed by atoms with Crippen LogP contribution < -0.4 is 10.1 Å². The number of carboxylic acid groups (broad SMARTS) is 2. The van der Waals surface area contributed by atoms with E-state index in [4.69, 9.17) is 14.2 Å². The van der Waals surface area contributed by atoms with E-state index >= 15 is 0 Å². The molecule has 1 amide bonds. The second kappa shape index (κ2) is 15.2. The number of ether oxygens (including phenoxy) is 3. The van der Waals surface area contributed by atoms with Gasteiger partial charge in [0.25, 0.3) is 0 Å². The van der Waals surface area contributed by atoms with E-state index in [1.54, 1.807) is 75.4 Å².